The van der Waals surface area contributed by atoms with Gasteiger partial charge in [0.1, 0.15) is 0 Å². The molecule has 6 heavy (non-hydrogen) atoms. The van der Waals surface area contributed by atoms with E-state index in [0.29, 0.717) is 0 Å². The van der Waals surface area contributed by atoms with Crippen molar-refractivity contribution in [1.29, 1.82) is 0 Å². The topological polar surface area (TPSA) is 68.3 Å². The van der Waals surface area contributed by atoms with Gasteiger partial charge < -0.3 is 0 Å². The number of hydrogen-bond donors (Lipinski definition) is 0. The van der Waals surface area contributed by atoms with Crippen LogP contribution in [0.1, 0.15) is 0 Å². The van der Waals surface area contributed by atoms with Gasteiger partial charge in [-0.2, -0.15) is 0 Å². The summed E-state index contributed by atoms with van der Waals surface area (Å²) in [4.78, 5) is 0. The zero-order chi connectivity index (χ0) is 4.50. The normalized spacial score (nSPS) is 12.0. The summed E-state index contributed by atoms with van der Waals surface area (Å²) in [5.74, 6) is 0. The second-order valence-electron chi connectivity index (χ2n) is 0.316. The molecule has 0 spiro atoms. The second-order valence-corrected chi connectivity index (χ2v) is 1.30. The van der Waals surface area contributed by atoms with Gasteiger partial charge in [-0.15, -0.1) is 0 Å². The van der Waals surface area contributed by atoms with Gasteiger partial charge in [-0.1, -0.05) is 0 Å². The summed E-state index contributed by atoms with van der Waals surface area (Å²) >= 11 is -5.25. The molecule has 0 N–H and O–H groups in total. The first-order valence-corrected chi connectivity index (χ1v) is 2.13. The molecule has 0 aliphatic heterocycles. The average molecular weight is 182 g/mol. The molecule has 4 nitrogen and oxygen atoms in total. The van der Waals surface area contributed by atoms with Crippen LogP contribution in [-0.4, -0.2) is 0 Å². The van der Waals surface area contributed by atoms with E-state index in [4.69, 9.17) is 15.6 Å². The molecule has 0 aromatic heterocycles. The van der Waals surface area contributed by atoms with Gasteiger partial charge in [0.2, 0.25) is 0 Å². The average Bonchev–Trinajstić information content (AvgIpc) is 0.722. The van der Waals surface area contributed by atoms with E-state index >= 15 is 0 Å². The molecule has 0 unspecified atom stereocenters. The molecule has 0 aromatic carbocycles. The van der Waals surface area contributed by atoms with Gasteiger partial charge in [0.05, 0.1) is 0 Å². The van der Waals surface area contributed by atoms with Gasteiger partial charge in [0.15, 0.2) is 0 Å². The van der Waals surface area contributed by atoms with Gasteiger partial charge in [0, 0.05) is 16.8 Å². The van der Waals surface area contributed by atoms with Gasteiger partial charge in [-0.25, -0.2) is 0 Å². The van der Waals surface area contributed by atoms with Gasteiger partial charge in [0.25, 0.3) is 0 Å². The summed E-state index contributed by atoms with van der Waals surface area (Å²) in [7, 11) is 0. The van der Waals surface area contributed by atoms with Gasteiger partial charge >= 0.3 is 27.7 Å². The van der Waals surface area contributed by atoms with Crippen molar-refractivity contribution in [3.8, 4) is 0 Å². The van der Waals surface area contributed by atoms with E-state index in [2.05, 4.69) is 0 Å². The molecule has 1 radical (unpaired) electrons. The first kappa shape index (κ1) is 9.50. The van der Waals surface area contributed by atoms with Gasteiger partial charge in [-0.3, -0.25) is 0 Å². The van der Waals surface area contributed by atoms with Crippen molar-refractivity contribution in [3.05, 3.63) is 0 Å². The Morgan fingerprint density at radius 3 is 0.833 bits per heavy atom. The van der Waals surface area contributed by atoms with Crippen LogP contribution in [0.3, 0.4) is 0 Å². The van der Waals surface area contributed by atoms with Crippen molar-refractivity contribution >= 4 is 0 Å². The van der Waals surface area contributed by atoms with Crippen molar-refractivity contribution in [2.75, 3.05) is 0 Å². The van der Waals surface area contributed by atoms with Crippen molar-refractivity contribution in [2.24, 2.45) is 0 Å². The second kappa shape index (κ2) is 2.39. The van der Waals surface area contributed by atoms with Crippen LogP contribution in [0.5, 0.6) is 0 Å². The van der Waals surface area contributed by atoms with E-state index in [1.807, 2.05) is 0 Å². The molecule has 0 atom stereocenters. The first-order chi connectivity index (χ1) is 2.00. The molecular weight excluding hydrogens is 182 g/mol. The molecule has 0 aliphatic rings. The van der Waals surface area contributed by atoms with Crippen LogP contribution < -0.4 is 0 Å². The third-order valence-electron chi connectivity index (χ3n) is 0. The fourth-order valence-electron chi connectivity index (χ4n) is 0. The Balaban J connectivity index is 0. The standard InChI is InChI=1S/Co.Ni.4O. The van der Waals surface area contributed by atoms with Gasteiger partial charge in [-0.05, 0) is 0 Å². The molecule has 0 amide bonds. The minimum absolute atomic E-state index is 0. The molecule has 6 heteroatoms. The molecule has 0 saturated carbocycles. The molecule has 0 fully saturated rings. The Kier molecular flexibility index (Phi) is 3.78. The summed E-state index contributed by atoms with van der Waals surface area (Å²) in [5, 5.41) is 0. The van der Waals surface area contributed by atoms with E-state index in [9.17, 15) is 0 Å². The molecular formula is CoNiO4. The van der Waals surface area contributed by atoms with Crippen LogP contribution in [0, 0.1) is 0 Å². The molecule has 0 rings (SSSR count). The predicted octanol–water partition coefficient (Wildman–Crippen LogP) is -0.480. The maximum atomic E-state index is 8.53. The third kappa shape index (κ3) is 1080. The molecule has 0 aliphatic carbocycles. The fraction of sp³-hybridized carbons (Fsp3) is 0. The Labute approximate surface area is 44.9 Å². The van der Waals surface area contributed by atoms with Crippen molar-refractivity contribution in [3.63, 3.8) is 0 Å². The van der Waals surface area contributed by atoms with Crippen LogP contribution >= 0.6 is 0 Å². The minimum atomic E-state index is -5.25. The van der Waals surface area contributed by atoms with E-state index in [-0.39, 0.29) is 16.8 Å². The van der Waals surface area contributed by atoms with E-state index in [1.54, 1.807) is 0 Å². The Morgan fingerprint density at radius 2 is 0.833 bits per heavy atom. The monoisotopic (exact) mass is 181 g/mol. The Morgan fingerprint density at radius 1 is 0.833 bits per heavy atom. The number of hydrogen-bond acceptors (Lipinski definition) is 4. The molecule has 0 saturated heterocycles. The van der Waals surface area contributed by atoms with E-state index in [1.165, 1.54) is 0 Å². The SMILES string of the molecule is [Co].[O]=[Ni](=[O])(=[O])=[O]. The summed E-state index contributed by atoms with van der Waals surface area (Å²) < 4.78 is 34.1. The van der Waals surface area contributed by atoms with Crippen molar-refractivity contribution < 1.29 is 44.5 Å². The summed E-state index contributed by atoms with van der Waals surface area (Å²) in [6, 6.07) is 0. The van der Waals surface area contributed by atoms with Crippen LogP contribution in [-0.2, 0) is 44.5 Å². The maximum absolute atomic E-state index is 8.53. The fourth-order valence-corrected chi connectivity index (χ4v) is 0. The van der Waals surface area contributed by atoms with E-state index < -0.39 is 12.1 Å². The van der Waals surface area contributed by atoms with Crippen LogP contribution in [0.4, 0.5) is 0 Å². The first-order valence-electron chi connectivity index (χ1n) is 0.516. The molecule has 0 aromatic rings. The zero-order valence-electron chi connectivity index (χ0n) is 2.28. The number of rotatable bonds is 0. The summed E-state index contributed by atoms with van der Waals surface area (Å²) in [6.45, 7) is 0. The predicted molar refractivity (Wildman–Crippen MR) is 2.75 cm³/mol. The Hall–Kier alpha value is 0.200. The van der Waals surface area contributed by atoms with Crippen molar-refractivity contribution in [1.82, 2.24) is 0 Å². The van der Waals surface area contributed by atoms with Crippen LogP contribution in [0.2, 0.25) is 0 Å². The molecule has 43 valence electrons. The summed E-state index contributed by atoms with van der Waals surface area (Å²) in [6.07, 6.45) is 0. The Bertz CT molecular complexity index is 159. The summed E-state index contributed by atoms with van der Waals surface area (Å²) in [5.41, 5.74) is 0. The quantitative estimate of drug-likeness (QED) is 0.474. The van der Waals surface area contributed by atoms with E-state index in [0.717, 1.165) is 0 Å². The van der Waals surface area contributed by atoms with Crippen molar-refractivity contribution in [2.45, 2.75) is 0 Å². The van der Waals surface area contributed by atoms with Crippen LogP contribution in [0.15, 0.2) is 0 Å². The zero-order valence-corrected chi connectivity index (χ0v) is 4.31. The molecule has 0 heterocycles. The molecule has 0 bridgehead atoms. The third-order valence-corrected chi connectivity index (χ3v) is 0. The van der Waals surface area contributed by atoms with Crippen LogP contribution in [0.25, 0.3) is 0 Å².